The minimum Gasteiger partial charge on any atom is -0.494 e. The second-order valence-corrected chi connectivity index (χ2v) is 8.09. The lowest BCUT2D eigenvalue weighted by molar-refractivity contribution is -0.117. The van der Waals surface area contributed by atoms with Crippen molar-refractivity contribution in [1.29, 1.82) is 0 Å². The fraction of sp³-hybridized carbons (Fsp3) is 0.409. The Morgan fingerprint density at radius 1 is 1.21 bits per heavy atom. The van der Waals surface area contributed by atoms with Crippen molar-refractivity contribution in [2.24, 2.45) is 5.41 Å². The first kappa shape index (κ1) is 20.9. The number of hydrogen-bond acceptors (Lipinski definition) is 4. The number of benzene rings is 1. The SMILES string of the molecule is COc1ccc(C(C(C)=O)c2cc(F)cc(F)c2)nc1C(=O)NC1CCC1(C)C. The monoisotopic (exact) mass is 402 g/mol. The minimum atomic E-state index is -1.00. The molecule has 2 unspecified atom stereocenters. The summed E-state index contributed by atoms with van der Waals surface area (Å²) in [6.45, 7) is 5.47. The van der Waals surface area contributed by atoms with E-state index in [9.17, 15) is 18.4 Å². The van der Waals surface area contributed by atoms with E-state index in [1.54, 1.807) is 0 Å². The molecule has 1 saturated carbocycles. The summed E-state index contributed by atoms with van der Waals surface area (Å²) >= 11 is 0. The smallest absolute Gasteiger partial charge is 0.273 e. The zero-order valence-corrected chi connectivity index (χ0v) is 16.9. The lowest BCUT2D eigenvalue weighted by atomic mass is 9.67. The first-order valence-corrected chi connectivity index (χ1v) is 9.44. The van der Waals surface area contributed by atoms with Crippen molar-refractivity contribution in [3.05, 3.63) is 58.9 Å². The number of ether oxygens (including phenoxy) is 1. The molecule has 1 aliphatic rings. The second-order valence-electron chi connectivity index (χ2n) is 8.09. The molecule has 1 aliphatic carbocycles. The van der Waals surface area contributed by atoms with Crippen molar-refractivity contribution in [3.8, 4) is 5.75 Å². The van der Waals surface area contributed by atoms with E-state index in [0.717, 1.165) is 31.0 Å². The van der Waals surface area contributed by atoms with Crippen LogP contribution in [0.1, 0.15) is 61.3 Å². The number of pyridine rings is 1. The average Bonchev–Trinajstić information content (AvgIpc) is 2.64. The second kappa shape index (κ2) is 7.89. The lowest BCUT2D eigenvalue weighted by Gasteiger charge is -2.44. The number of rotatable bonds is 6. The van der Waals surface area contributed by atoms with E-state index in [1.165, 1.54) is 26.2 Å². The van der Waals surface area contributed by atoms with E-state index in [-0.39, 0.29) is 39.9 Å². The van der Waals surface area contributed by atoms with Crippen LogP contribution in [-0.2, 0) is 4.79 Å². The Balaban J connectivity index is 1.99. The number of hydrogen-bond donors (Lipinski definition) is 1. The van der Waals surface area contributed by atoms with Crippen molar-refractivity contribution >= 4 is 11.7 Å². The van der Waals surface area contributed by atoms with Gasteiger partial charge in [-0.1, -0.05) is 13.8 Å². The standard InChI is InChI=1S/C22H24F2N2O3/c1-12(27)19(13-9-14(23)11-15(24)10-13)16-5-6-17(29-4)20(25-16)21(28)26-18-7-8-22(18,2)3/h5-6,9-11,18-19H,7-8H2,1-4H3,(H,26,28). The molecule has 1 heterocycles. The summed E-state index contributed by atoms with van der Waals surface area (Å²) in [5, 5.41) is 2.96. The largest absolute Gasteiger partial charge is 0.494 e. The summed E-state index contributed by atoms with van der Waals surface area (Å²) in [6, 6.07) is 6.01. The van der Waals surface area contributed by atoms with Gasteiger partial charge in [0, 0.05) is 12.1 Å². The molecule has 0 saturated heterocycles. The van der Waals surface area contributed by atoms with E-state index in [2.05, 4.69) is 24.1 Å². The van der Waals surface area contributed by atoms with Gasteiger partial charge in [0.15, 0.2) is 5.69 Å². The highest BCUT2D eigenvalue weighted by Gasteiger charge is 2.40. The summed E-state index contributed by atoms with van der Waals surface area (Å²) in [5.41, 5.74) is 0.401. The maximum atomic E-state index is 13.7. The normalized spacial score (nSPS) is 18.5. The van der Waals surface area contributed by atoms with E-state index in [1.807, 2.05) is 0 Å². The molecular weight excluding hydrogens is 378 g/mol. The van der Waals surface area contributed by atoms with E-state index in [4.69, 9.17) is 4.74 Å². The third-order valence-electron chi connectivity index (χ3n) is 5.56. The Labute approximate surface area is 168 Å². The Hall–Kier alpha value is -2.83. The molecule has 0 bridgehead atoms. The highest BCUT2D eigenvalue weighted by Crippen LogP contribution is 2.40. The van der Waals surface area contributed by atoms with Crippen LogP contribution >= 0.6 is 0 Å². The van der Waals surface area contributed by atoms with Gasteiger partial charge < -0.3 is 10.1 Å². The topological polar surface area (TPSA) is 68.3 Å². The van der Waals surface area contributed by atoms with Crippen molar-refractivity contribution < 1.29 is 23.1 Å². The first-order chi connectivity index (χ1) is 13.6. The van der Waals surface area contributed by atoms with Gasteiger partial charge in [0.1, 0.15) is 23.2 Å². The molecule has 5 nitrogen and oxygen atoms in total. The number of ketones is 1. The summed E-state index contributed by atoms with van der Waals surface area (Å²) in [5.74, 6) is -3.07. The van der Waals surface area contributed by atoms with Crippen LogP contribution in [0.3, 0.4) is 0 Å². The number of Topliss-reactive ketones (excluding diaryl/α,β-unsaturated/α-hetero) is 1. The van der Waals surface area contributed by atoms with Crippen LogP contribution in [0.25, 0.3) is 0 Å². The number of nitrogens with zero attached hydrogens (tertiary/aromatic N) is 1. The van der Waals surface area contributed by atoms with Crippen LogP contribution in [0.4, 0.5) is 8.78 Å². The van der Waals surface area contributed by atoms with Crippen molar-refractivity contribution in [3.63, 3.8) is 0 Å². The number of halogens is 2. The summed E-state index contributed by atoms with van der Waals surface area (Å²) in [7, 11) is 1.42. The molecular formula is C22H24F2N2O3. The van der Waals surface area contributed by atoms with E-state index >= 15 is 0 Å². The van der Waals surface area contributed by atoms with Crippen LogP contribution in [0.15, 0.2) is 30.3 Å². The zero-order chi connectivity index (χ0) is 21.3. The van der Waals surface area contributed by atoms with Gasteiger partial charge in [-0.15, -0.1) is 0 Å². The van der Waals surface area contributed by atoms with Crippen LogP contribution in [0, 0.1) is 17.0 Å². The third kappa shape index (κ3) is 4.28. The van der Waals surface area contributed by atoms with Crippen LogP contribution in [0.2, 0.25) is 0 Å². The summed E-state index contributed by atoms with van der Waals surface area (Å²) in [6.07, 6.45) is 1.89. The highest BCUT2D eigenvalue weighted by molar-refractivity contribution is 5.95. The van der Waals surface area contributed by atoms with Gasteiger partial charge in [0.25, 0.3) is 5.91 Å². The Kier molecular flexibility index (Phi) is 5.68. The number of nitrogens with one attached hydrogen (secondary N) is 1. The maximum Gasteiger partial charge on any atom is 0.273 e. The van der Waals surface area contributed by atoms with Gasteiger partial charge in [-0.05, 0) is 55.0 Å². The molecule has 29 heavy (non-hydrogen) atoms. The molecule has 1 aromatic carbocycles. The maximum absolute atomic E-state index is 13.7. The average molecular weight is 402 g/mol. The third-order valence-corrected chi connectivity index (χ3v) is 5.56. The molecule has 2 atom stereocenters. The molecule has 154 valence electrons. The zero-order valence-electron chi connectivity index (χ0n) is 16.9. The molecule has 1 aromatic heterocycles. The Bertz CT molecular complexity index is 939. The van der Waals surface area contributed by atoms with Crippen molar-refractivity contribution in [2.45, 2.75) is 45.6 Å². The number of carbonyl (C=O) groups is 2. The van der Waals surface area contributed by atoms with Gasteiger partial charge in [-0.25, -0.2) is 13.8 Å². The predicted octanol–water partition coefficient (Wildman–Crippen LogP) is 4.01. The minimum absolute atomic E-state index is 0.00151. The number of aromatic nitrogens is 1. The lowest BCUT2D eigenvalue weighted by Crippen LogP contribution is -2.52. The van der Waals surface area contributed by atoms with Crippen LogP contribution < -0.4 is 10.1 Å². The molecule has 7 heteroatoms. The molecule has 1 N–H and O–H groups in total. The fourth-order valence-electron chi connectivity index (χ4n) is 3.67. The number of carbonyl (C=O) groups excluding carboxylic acids is 2. The fourth-order valence-corrected chi connectivity index (χ4v) is 3.67. The van der Waals surface area contributed by atoms with Gasteiger partial charge in [-0.2, -0.15) is 0 Å². The highest BCUT2D eigenvalue weighted by atomic mass is 19.1. The predicted molar refractivity (Wildman–Crippen MR) is 104 cm³/mol. The molecule has 0 aliphatic heterocycles. The van der Waals surface area contributed by atoms with Gasteiger partial charge >= 0.3 is 0 Å². The Morgan fingerprint density at radius 3 is 2.34 bits per heavy atom. The first-order valence-electron chi connectivity index (χ1n) is 9.44. The van der Waals surface area contributed by atoms with Crippen molar-refractivity contribution in [2.75, 3.05) is 7.11 Å². The number of methoxy groups -OCH3 is 1. The van der Waals surface area contributed by atoms with Gasteiger partial charge in [0.2, 0.25) is 0 Å². The molecule has 2 aromatic rings. The van der Waals surface area contributed by atoms with Crippen molar-refractivity contribution in [1.82, 2.24) is 10.3 Å². The summed E-state index contributed by atoms with van der Waals surface area (Å²) < 4.78 is 32.7. The molecule has 1 fully saturated rings. The molecule has 0 radical (unpaired) electrons. The quantitative estimate of drug-likeness (QED) is 0.793. The van der Waals surface area contributed by atoms with E-state index < -0.39 is 23.5 Å². The summed E-state index contributed by atoms with van der Waals surface area (Å²) in [4.78, 5) is 29.5. The number of amides is 1. The van der Waals surface area contributed by atoms with Crippen LogP contribution in [0.5, 0.6) is 5.75 Å². The molecule has 0 spiro atoms. The molecule has 3 rings (SSSR count). The van der Waals surface area contributed by atoms with Crippen LogP contribution in [-0.4, -0.2) is 29.8 Å². The van der Waals surface area contributed by atoms with Gasteiger partial charge in [-0.3, -0.25) is 9.59 Å². The molecule has 1 amide bonds. The van der Waals surface area contributed by atoms with Gasteiger partial charge in [0.05, 0.1) is 18.7 Å². The Morgan fingerprint density at radius 2 is 1.86 bits per heavy atom. The van der Waals surface area contributed by atoms with E-state index in [0.29, 0.717) is 0 Å².